The molecule has 0 aromatic heterocycles. The Bertz CT molecular complexity index is 1750. The third-order valence-electron chi connectivity index (χ3n) is 7.46. The fraction of sp³-hybridized carbons (Fsp3) is 0.278. The molecule has 10 nitrogen and oxygen atoms in total. The fourth-order valence-corrected chi connectivity index (χ4v) is 6.56. The number of amides is 2. The zero-order valence-corrected chi connectivity index (χ0v) is 28.1. The molecule has 0 heterocycles. The van der Waals surface area contributed by atoms with Crippen LogP contribution in [0.1, 0.15) is 25.0 Å². The molecule has 0 saturated carbocycles. The summed E-state index contributed by atoms with van der Waals surface area (Å²) in [4.78, 5) is 29.8. The molecule has 0 spiro atoms. The van der Waals surface area contributed by atoms with Crippen LogP contribution in [0.4, 0.5) is 5.69 Å². The van der Waals surface area contributed by atoms with Crippen molar-refractivity contribution in [1.82, 2.24) is 10.2 Å². The number of ether oxygens (including phenoxy) is 3. The summed E-state index contributed by atoms with van der Waals surface area (Å²) in [5.74, 6) is 0.247. The van der Waals surface area contributed by atoms with Crippen molar-refractivity contribution in [2.45, 2.75) is 43.8 Å². The van der Waals surface area contributed by atoms with Crippen molar-refractivity contribution in [1.29, 1.82) is 0 Å². The van der Waals surface area contributed by atoms with Crippen molar-refractivity contribution in [2.75, 3.05) is 32.2 Å². The van der Waals surface area contributed by atoms with Crippen molar-refractivity contribution in [3.8, 4) is 17.2 Å². The van der Waals surface area contributed by atoms with Crippen molar-refractivity contribution < 1.29 is 32.2 Å². The number of para-hydroxylation sites is 1. The molecule has 0 aliphatic heterocycles. The first-order valence-electron chi connectivity index (χ1n) is 15.1. The molecule has 0 bridgehead atoms. The van der Waals surface area contributed by atoms with Crippen LogP contribution in [0, 0.1) is 0 Å². The number of hydrogen-bond acceptors (Lipinski definition) is 7. The molecular formula is C36H41N3O7S. The van der Waals surface area contributed by atoms with Gasteiger partial charge in [-0.05, 0) is 61.4 Å². The van der Waals surface area contributed by atoms with Gasteiger partial charge in [0.15, 0.2) is 11.5 Å². The van der Waals surface area contributed by atoms with E-state index < -0.39 is 28.5 Å². The van der Waals surface area contributed by atoms with Gasteiger partial charge in [-0.25, -0.2) is 8.42 Å². The molecule has 1 atom stereocenters. The van der Waals surface area contributed by atoms with Crippen molar-refractivity contribution in [2.24, 2.45) is 0 Å². The van der Waals surface area contributed by atoms with Crippen LogP contribution < -0.4 is 23.8 Å². The number of methoxy groups -OCH3 is 3. The lowest BCUT2D eigenvalue weighted by Crippen LogP contribution is -2.54. The van der Waals surface area contributed by atoms with Gasteiger partial charge in [-0.2, -0.15) is 0 Å². The molecule has 47 heavy (non-hydrogen) atoms. The van der Waals surface area contributed by atoms with Crippen molar-refractivity contribution in [3.63, 3.8) is 0 Å². The van der Waals surface area contributed by atoms with Gasteiger partial charge in [-0.3, -0.25) is 13.9 Å². The number of nitrogens with one attached hydrogen (secondary N) is 1. The summed E-state index contributed by atoms with van der Waals surface area (Å²) >= 11 is 0. The molecule has 248 valence electrons. The maximum Gasteiger partial charge on any atom is 0.264 e. The third kappa shape index (κ3) is 8.82. The number of carbonyl (C=O) groups excluding carboxylic acids is 2. The molecule has 0 radical (unpaired) electrons. The van der Waals surface area contributed by atoms with Gasteiger partial charge in [0, 0.05) is 25.1 Å². The van der Waals surface area contributed by atoms with E-state index in [1.54, 1.807) is 55.6 Å². The van der Waals surface area contributed by atoms with Gasteiger partial charge in [0.1, 0.15) is 18.3 Å². The molecule has 0 saturated heterocycles. The molecule has 1 N–H and O–H groups in total. The molecule has 2 amide bonds. The van der Waals surface area contributed by atoms with E-state index in [0.29, 0.717) is 17.1 Å². The topological polar surface area (TPSA) is 114 Å². The Balaban J connectivity index is 1.82. The van der Waals surface area contributed by atoms with Gasteiger partial charge in [-0.15, -0.1) is 0 Å². The predicted molar refractivity (Wildman–Crippen MR) is 181 cm³/mol. The standard InChI is InChI=1S/C36H41N3O7S/c1-26(2)37-36(41)32(22-27-13-8-6-9-14-27)38(24-28-15-12-18-30(21-28)44-3)35(40)25-39(29-16-10-7-11-17-29)47(42,43)31-19-20-33(45-4)34(23-31)46-5/h6-21,23,26,32H,22,24-25H2,1-5H3,(H,37,41). The van der Waals surface area contributed by atoms with Crippen LogP contribution in [0.25, 0.3) is 0 Å². The average Bonchev–Trinajstić information content (AvgIpc) is 3.08. The molecule has 4 aromatic rings. The van der Waals surface area contributed by atoms with Gasteiger partial charge >= 0.3 is 0 Å². The predicted octanol–water partition coefficient (Wildman–Crippen LogP) is 5.07. The number of rotatable bonds is 15. The Morgan fingerprint density at radius 3 is 2.00 bits per heavy atom. The SMILES string of the molecule is COc1cccc(CN(C(=O)CN(c2ccccc2)S(=O)(=O)c2ccc(OC)c(OC)c2)C(Cc2ccccc2)C(=O)NC(C)C)c1. The zero-order chi connectivity index (χ0) is 34.0. The van der Waals surface area contributed by atoms with Gasteiger partial charge in [-0.1, -0.05) is 60.7 Å². The van der Waals surface area contributed by atoms with Crippen LogP contribution in [0.2, 0.25) is 0 Å². The summed E-state index contributed by atoms with van der Waals surface area (Å²) < 4.78 is 45.7. The highest BCUT2D eigenvalue weighted by Crippen LogP contribution is 2.32. The van der Waals surface area contributed by atoms with Gasteiger partial charge in [0.2, 0.25) is 11.8 Å². The Hall–Kier alpha value is -5.03. The minimum atomic E-state index is -4.32. The average molecular weight is 660 g/mol. The summed E-state index contributed by atoms with van der Waals surface area (Å²) in [5, 5.41) is 2.96. The second-order valence-electron chi connectivity index (χ2n) is 11.1. The van der Waals surface area contributed by atoms with E-state index in [1.807, 2.05) is 50.2 Å². The van der Waals surface area contributed by atoms with E-state index in [1.165, 1.54) is 37.3 Å². The normalized spacial score (nSPS) is 11.8. The lowest BCUT2D eigenvalue weighted by molar-refractivity contribution is -0.140. The number of carbonyl (C=O) groups is 2. The van der Waals surface area contributed by atoms with Gasteiger partial charge in [0.05, 0.1) is 31.9 Å². The van der Waals surface area contributed by atoms with E-state index in [4.69, 9.17) is 14.2 Å². The fourth-order valence-electron chi connectivity index (χ4n) is 5.13. The highest BCUT2D eigenvalue weighted by atomic mass is 32.2. The number of sulfonamides is 1. The maximum atomic E-state index is 14.6. The van der Waals surface area contributed by atoms with Crippen LogP contribution in [0.5, 0.6) is 17.2 Å². The van der Waals surface area contributed by atoms with E-state index in [-0.39, 0.29) is 41.2 Å². The second-order valence-corrected chi connectivity index (χ2v) is 13.0. The van der Waals surface area contributed by atoms with Crippen LogP contribution >= 0.6 is 0 Å². The lowest BCUT2D eigenvalue weighted by Gasteiger charge is -2.34. The highest BCUT2D eigenvalue weighted by molar-refractivity contribution is 7.92. The minimum Gasteiger partial charge on any atom is -0.497 e. The number of hydrogen-bond donors (Lipinski definition) is 1. The molecule has 1 unspecified atom stereocenters. The Morgan fingerprint density at radius 2 is 1.38 bits per heavy atom. The summed E-state index contributed by atoms with van der Waals surface area (Å²) in [6, 6.07) is 28.1. The Kier molecular flexibility index (Phi) is 11.9. The summed E-state index contributed by atoms with van der Waals surface area (Å²) in [6.45, 7) is 3.14. The number of benzene rings is 4. The molecular weight excluding hydrogens is 618 g/mol. The van der Waals surface area contributed by atoms with E-state index >= 15 is 0 Å². The first-order valence-corrected chi connectivity index (χ1v) is 16.6. The van der Waals surface area contributed by atoms with E-state index in [2.05, 4.69) is 5.32 Å². The summed E-state index contributed by atoms with van der Waals surface area (Å²) in [5.41, 5.74) is 1.84. The van der Waals surface area contributed by atoms with Crippen LogP contribution in [0.15, 0.2) is 108 Å². The first-order chi connectivity index (χ1) is 22.6. The lowest BCUT2D eigenvalue weighted by atomic mass is 10.0. The molecule has 0 fully saturated rings. The summed E-state index contributed by atoms with van der Waals surface area (Å²) in [7, 11) is 0.103. The maximum absolute atomic E-state index is 14.6. The molecule has 0 aliphatic rings. The van der Waals surface area contributed by atoms with E-state index in [0.717, 1.165) is 9.87 Å². The highest BCUT2D eigenvalue weighted by Gasteiger charge is 2.35. The summed E-state index contributed by atoms with van der Waals surface area (Å²) in [6.07, 6.45) is 0.211. The van der Waals surface area contributed by atoms with Crippen molar-refractivity contribution >= 4 is 27.5 Å². The van der Waals surface area contributed by atoms with Crippen molar-refractivity contribution in [3.05, 3.63) is 114 Å². The van der Waals surface area contributed by atoms with Crippen LogP contribution in [-0.2, 0) is 32.6 Å². The zero-order valence-electron chi connectivity index (χ0n) is 27.3. The van der Waals surface area contributed by atoms with Crippen LogP contribution in [-0.4, -0.2) is 65.1 Å². The minimum absolute atomic E-state index is 0.0259. The molecule has 4 aromatic carbocycles. The van der Waals surface area contributed by atoms with Crippen LogP contribution in [0.3, 0.4) is 0 Å². The Labute approximate surface area is 276 Å². The number of nitrogens with zero attached hydrogens (tertiary/aromatic N) is 2. The third-order valence-corrected chi connectivity index (χ3v) is 9.22. The largest absolute Gasteiger partial charge is 0.497 e. The second kappa shape index (κ2) is 16.0. The molecule has 11 heteroatoms. The van der Waals surface area contributed by atoms with Gasteiger partial charge in [0.25, 0.3) is 10.0 Å². The van der Waals surface area contributed by atoms with Gasteiger partial charge < -0.3 is 24.4 Å². The Morgan fingerprint density at radius 1 is 0.745 bits per heavy atom. The number of anilines is 1. The van der Waals surface area contributed by atoms with E-state index in [9.17, 15) is 18.0 Å². The molecule has 0 aliphatic carbocycles. The molecule has 4 rings (SSSR count). The smallest absolute Gasteiger partial charge is 0.264 e. The monoisotopic (exact) mass is 659 g/mol. The quantitative estimate of drug-likeness (QED) is 0.190. The first kappa shape index (κ1) is 34.8.